The van der Waals surface area contributed by atoms with Crippen molar-refractivity contribution in [1.29, 1.82) is 0 Å². The van der Waals surface area contributed by atoms with Crippen LogP contribution in [0.5, 0.6) is 0 Å². The Balaban J connectivity index is 2.15. The van der Waals surface area contributed by atoms with Crippen LogP contribution in [0.15, 0.2) is 0 Å². The van der Waals surface area contributed by atoms with Gasteiger partial charge in [-0.15, -0.1) is 0 Å². The summed E-state index contributed by atoms with van der Waals surface area (Å²) in [6.07, 6.45) is 8.21. The van der Waals surface area contributed by atoms with Crippen LogP contribution >= 0.6 is 0 Å². The van der Waals surface area contributed by atoms with E-state index in [4.69, 9.17) is 4.74 Å². The molecule has 0 saturated heterocycles. The molecule has 0 amide bonds. The molecule has 1 aliphatic rings. The zero-order valence-corrected chi connectivity index (χ0v) is 11.3. The van der Waals surface area contributed by atoms with E-state index < -0.39 is 0 Å². The fourth-order valence-electron chi connectivity index (χ4n) is 2.52. The third-order valence-corrected chi connectivity index (χ3v) is 3.73. The van der Waals surface area contributed by atoms with Crippen LogP contribution in [-0.4, -0.2) is 26.3 Å². The quantitative estimate of drug-likeness (QED) is 0.674. The molecule has 1 atom stereocenters. The number of ether oxygens (including phenoxy) is 1. The second-order valence-electron chi connectivity index (χ2n) is 5.55. The van der Waals surface area contributed by atoms with Crippen molar-refractivity contribution in [3.63, 3.8) is 0 Å². The minimum absolute atomic E-state index is 0.576. The first-order valence-electron chi connectivity index (χ1n) is 6.99. The maximum atomic E-state index is 5.79. The molecule has 1 saturated carbocycles. The van der Waals surface area contributed by atoms with Gasteiger partial charge < -0.3 is 10.1 Å². The molecule has 1 fully saturated rings. The van der Waals surface area contributed by atoms with Crippen molar-refractivity contribution in [3.8, 4) is 0 Å². The summed E-state index contributed by atoms with van der Waals surface area (Å²) >= 11 is 0. The third kappa shape index (κ3) is 5.31. The second kappa shape index (κ2) is 8.08. The van der Waals surface area contributed by atoms with E-state index in [1.807, 2.05) is 0 Å². The highest BCUT2D eigenvalue weighted by atomic mass is 16.5. The lowest BCUT2D eigenvalue weighted by atomic mass is 9.84. The Morgan fingerprint density at radius 2 is 1.88 bits per heavy atom. The Hall–Kier alpha value is -0.0800. The first-order chi connectivity index (χ1) is 7.74. The molecule has 2 heteroatoms. The van der Waals surface area contributed by atoms with E-state index in [2.05, 4.69) is 26.2 Å². The SMILES string of the molecule is CNC(COCCC(C)C)C1CCCCC1. The van der Waals surface area contributed by atoms with Crippen molar-refractivity contribution in [3.05, 3.63) is 0 Å². The average Bonchev–Trinajstić information content (AvgIpc) is 2.30. The topological polar surface area (TPSA) is 21.3 Å². The summed E-state index contributed by atoms with van der Waals surface area (Å²) in [4.78, 5) is 0. The highest BCUT2D eigenvalue weighted by Crippen LogP contribution is 2.26. The Labute approximate surface area is 101 Å². The van der Waals surface area contributed by atoms with Gasteiger partial charge in [0, 0.05) is 12.6 Å². The van der Waals surface area contributed by atoms with E-state index >= 15 is 0 Å². The maximum Gasteiger partial charge on any atom is 0.0622 e. The predicted molar refractivity (Wildman–Crippen MR) is 69.7 cm³/mol. The fraction of sp³-hybridized carbons (Fsp3) is 1.00. The monoisotopic (exact) mass is 227 g/mol. The summed E-state index contributed by atoms with van der Waals surface area (Å²) in [6.45, 7) is 6.32. The van der Waals surface area contributed by atoms with Crippen LogP contribution in [0.2, 0.25) is 0 Å². The van der Waals surface area contributed by atoms with E-state index in [1.165, 1.54) is 38.5 Å². The van der Waals surface area contributed by atoms with Crippen LogP contribution in [0.25, 0.3) is 0 Å². The van der Waals surface area contributed by atoms with Gasteiger partial charge in [-0.1, -0.05) is 33.1 Å². The van der Waals surface area contributed by atoms with Gasteiger partial charge in [0.1, 0.15) is 0 Å². The second-order valence-corrected chi connectivity index (χ2v) is 5.55. The zero-order valence-electron chi connectivity index (χ0n) is 11.3. The average molecular weight is 227 g/mol. The lowest BCUT2D eigenvalue weighted by Gasteiger charge is -2.29. The Morgan fingerprint density at radius 3 is 2.44 bits per heavy atom. The summed E-state index contributed by atoms with van der Waals surface area (Å²) in [7, 11) is 2.07. The molecule has 0 radical (unpaired) electrons. The van der Waals surface area contributed by atoms with Crippen LogP contribution in [0, 0.1) is 11.8 Å². The van der Waals surface area contributed by atoms with E-state index in [-0.39, 0.29) is 0 Å². The van der Waals surface area contributed by atoms with Gasteiger partial charge in [0.2, 0.25) is 0 Å². The van der Waals surface area contributed by atoms with Gasteiger partial charge in [0.05, 0.1) is 6.61 Å². The van der Waals surface area contributed by atoms with Crippen molar-refractivity contribution in [2.75, 3.05) is 20.3 Å². The normalized spacial score (nSPS) is 20.2. The van der Waals surface area contributed by atoms with Gasteiger partial charge in [-0.05, 0) is 38.1 Å². The summed E-state index contributed by atoms with van der Waals surface area (Å²) < 4.78 is 5.79. The number of hydrogen-bond donors (Lipinski definition) is 1. The van der Waals surface area contributed by atoms with Crippen LogP contribution in [0.4, 0.5) is 0 Å². The van der Waals surface area contributed by atoms with E-state index in [0.717, 1.165) is 25.0 Å². The molecule has 0 heterocycles. The molecule has 0 aromatic heterocycles. The lowest BCUT2D eigenvalue weighted by Crippen LogP contribution is -2.38. The maximum absolute atomic E-state index is 5.79. The van der Waals surface area contributed by atoms with Crippen molar-refractivity contribution < 1.29 is 4.74 Å². The minimum Gasteiger partial charge on any atom is -0.380 e. The van der Waals surface area contributed by atoms with Gasteiger partial charge in [-0.3, -0.25) is 0 Å². The molecule has 2 nitrogen and oxygen atoms in total. The molecule has 1 unspecified atom stereocenters. The Bertz CT molecular complexity index is 164. The highest BCUT2D eigenvalue weighted by molar-refractivity contribution is 4.78. The molecule has 0 aliphatic heterocycles. The van der Waals surface area contributed by atoms with E-state index in [1.54, 1.807) is 0 Å². The molecule has 1 aliphatic carbocycles. The summed E-state index contributed by atoms with van der Waals surface area (Å²) in [6, 6.07) is 0.576. The molecule has 1 N–H and O–H groups in total. The van der Waals surface area contributed by atoms with Gasteiger partial charge >= 0.3 is 0 Å². The number of likely N-dealkylation sites (N-methyl/N-ethyl adjacent to an activating group) is 1. The molecular weight excluding hydrogens is 198 g/mol. The van der Waals surface area contributed by atoms with Crippen molar-refractivity contribution in [1.82, 2.24) is 5.32 Å². The predicted octanol–water partition coefficient (Wildman–Crippen LogP) is 3.22. The molecule has 0 aromatic rings. The van der Waals surface area contributed by atoms with Gasteiger partial charge in [-0.2, -0.15) is 0 Å². The van der Waals surface area contributed by atoms with Gasteiger partial charge in [0.15, 0.2) is 0 Å². The smallest absolute Gasteiger partial charge is 0.0622 e. The number of nitrogens with one attached hydrogen (secondary N) is 1. The first kappa shape index (κ1) is 14.0. The highest BCUT2D eigenvalue weighted by Gasteiger charge is 2.22. The van der Waals surface area contributed by atoms with E-state index in [0.29, 0.717) is 6.04 Å². The molecule has 16 heavy (non-hydrogen) atoms. The Kier molecular flexibility index (Phi) is 7.06. The Morgan fingerprint density at radius 1 is 1.19 bits per heavy atom. The zero-order chi connectivity index (χ0) is 11.8. The first-order valence-corrected chi connectivity index (χ1v) is 6.99. The van der Waals surface area contributed by atoms with Crippen LogP contribution in [0.3, 0.4) is 0 Å². The molecule has 96 valence electrons. The minimum atomic E-state index is 0.576. The van der Waals surface area contributed by atoms with Crippen molar-refractivity contribution in [2.24, 2.45) is 11.8 Å². The van der Waals surface area contributed by atoms with Crippen molar-refractivity contribution in [2.45, 2.75) is 58.4 Å². The largest absolute Gasteiger partial charge is 0.380 e. The van der Waals surface area contributed by atoms with E-state index in [9.17, 15) is 0 Å². The molecule has 1 rings (SSSR count). The molecule has 0 spiro atoms. The van der Waals surface area contributed by atoms with Crippen LogP contribution in [0.1, 0.15) is 52.4 Å². The number of hydrogen-bond acceptors (Lipinski definition) is 2. The molecule has 0 aromatic carbocycles. The van der Waals surface area contributed by atoms with Gasteiger partial charge in [-0.25, -0.2) is 0 Å². The third-order valence-electron chi connectivity index (χ3n) is 3.73. The fourth-order valence-corrected chi connectivity index (χ4v) is 2.52. The van der Waals surface area contributed by atoms with Crippen LogP contribution < -0.4 is 5.32 Å². The van der Waals surface area contributed by atoms with Gasteiger partial charge in [0.25, 0.3) is 0 Å². The standard InChI is InChI=1S/C14H29NO/c1-12(2)9-10-16-11-14(15-3)13-7-5-4-6-8-13/h12-15H,4-11H2,1-3H3. The summed E-state index contributed by atoms with van der Waals surface area (Å²) in [5.41, 5.74) is 0. The van der Waals surface area contributed by atoms with Crippen LogP contribution in [-0.2, 0) is 4.74 Å². The lowest BCUT2D eigenvalue weighted by molar-refractivity contribution is 0.0804. The summed E-state index contributed by atoms with van der Waals surface area (Å²) in [5.74, 6) is 1.60. The number of rotatable bonds is 7. The molecule has 0 bridgehead atoms. The summed E-state index contributed by atoms with van der Waals surface area (Å²) in [5, 5.41) is 3.43. The molecular formula is C14H29NO. The van der Waals surface area contributed by atoms with Crippen molar-refractivity contribution >= 4 is 0 Å².